The Labute approximate surface area is 78.9 Å². The first-order chi connectivity index (χ1) is 6.31. The second-order valence-electron chi connectivity index (χ2n) is 2.88. The van der Waals surface area contributed by atoms with Crippen molar-refractivity contribution in [3.8, 4) is 0 Å². The Bertz CT molecular complexity index is 242. The molecule has 0 bridgehead atoms. The summed E-state index contributed by atoms with van der Waals surface area (Å²) in [7, 11) is 0. The number of benzene rings is 1. The number of rotatable bonds is 4. The van der Waals surface area contributed by atoms with Crippen LogP contribution in [0.15, 0.2) is 24.3 Å². The monoisotopic (exact) mass is 180 g/mol. The van der Waals surface area contributed by atoms with Crippen LogP contribution in [0.2, 0.25) is 0 Å². The van der Waals surface area contributed by atoms with Crippen molar-refractivity contribution in [2.45, 2.75) is 13.8 Å². The van der Waals surface area contributed by atoms with E-state index < -0.39 is 0 Å². The molecule has 0 heterocycles. The summed E-state index contributed by atoms with van der Waals surface area (Å²) in [6, 6.07) is 7.66. The first-order valence-corrected chi connectivity index (χ1v) is 4.62. The number of anilines is 1. The maximum atomic E-state index is 10.4. The van der Waals surface area contributed by atoms with Crippen LogP contribution in [0.4, 0.5) is 11.4 Å². The Morgan fingerprint density at radius 3 is 2.08 bits per heavy atom. The summed E-state index contributed by atoms with van der Waals surface area (Å²) in [6.07, 6.45) is 0. The lowest BCUT2D eigenvalue weighted by Crippen LogP contribution is -2.70. The van der Waals surface area contributed by atoms with E-state index in [4.69, 9.17) is 0 Å². The molecule has 0 aromatic heterocycles. The molecule has 0 amide bonds. The van der Waals surface area contributed by atoms with E-state index in [9.17, 15) is 5.21 Å². The van der Waals surface area contributed by atoms with Crippen LogP contribution < -0.4 is 10.4 Å². The van der Waals surface area contributed by atoms with E-state index >= 15 is 0 Å². The summed E-state index contributed by atoms with van der Waals surface area (Å²) in [6.45, 7) is 6.24. The first kappa shape index (κ1) is 10.0. The van der Waals surface area contributed by atoms with Crippen molar-refractivity contribution in [2.24, 2.45) is 0 Å². The molecule has 0 radical (unpaired) electrons. The van der Waals surface area contributed by atoms with Gasteiger partial charge in [-0.1, -0.05) is 0 Å². The predicted octanol–water partition coefficient (Wildman–Crippen LogP) is 1.23. The molecule has 3 nitrogen and oxygen atoms in total. The van der Waals surface area contributed by atoms with Crippen LogP contribution >= 0.6 is 0 Å². The molecule has 0 unspecified atom stereocenters. The zero-order valence-electron chi connectivity index (χ0n) is 8.16. The van der Waals surface area contributed by atoms with Crippen LogP contribution in [-0.4, -0.2) is 13.1 Å². The van der Waals surface area contributed by atoms with Gasteiger partial charge in [-0.3, -0.25) is 0 Å². The van der Waals surface area contributed by atoms with E-state index in [1.807, 2.05) is 24.3 Å². The molecule has 0 spiro atoms. The van der Waals surface area contributed by atoms with E-state index in [0.717, 1.165) is 24.3 Å². The van der Waals surface area contributed by atoms with Crippen LogP contribution in [0.25, 0.3) is 0 Å². The van der Waals surface area contributed by atoms with Crippen molar-refractivity contribution < 1.29 is 5.48 Å². The van der Waals surface area contributed by atoms with Gasteiger partial charge in [0.25, 0.3) is 0 Å². The van der Waals surface area contributed by atoms with Gasteiger partial charge in [0.1, 0.15) is 5.69 Å². The highest BCUT2D eigenvalue weighted by molar-refractivity contribution is 5.50. The van der Waals surface area contributed by atoms with Gasteiger partial charge in [-0.25, -0.2) is 0 Å². The zero-order chi connectivity index (χ0) is 9.68. The fraction of sp³-hybridized carbons (Fsp3) is 0.400. The summed E-state index contributed by atoms with van der Waals surface area (Å²) < 4.78 is 0. The van der Waals surface area contributed by atoms with Gasteiger partial charge in [-0.15, -0.1) is 0 Å². The lowest BCUT2D eigenvalue weighted by molar-refractivity contribution is -0.497. The molecule has 3 heteroatoms. The molecule has 72 valence electrons. The SMILES string of the molecule is CCN(CC)c1ccc([NH2+][O-])cc1. The van der Waals surface area contributed by atoms with Crippen molar-refractivity contribution in [1.29, 1.82) is 0 Å². The normalized spacial score (nSPS) is 10.1. The van der Waals surface area contributed by atoms with Gasteiger partial charge >= 0.3 is 0 Å². The summed E-state index contributed by atoms with van der Waals surface area (Å²) in [4.78, 5) is 2.24. The number of quaternary nitrogens is 1. The minimum absolute atomic E-state index is 0.732. The average molecular weight is 180 g/mol. The number of hydrogen-bond donors (Lipinski definition) is 1. The summed E-state index contributed by atoms with van der Waals surface area (Å²) in [5, 5.41) is 10.4. The second-order valence-corrected chi connectivity index (χ2v) is 2.88. The Morgan fingerprint density at radius 2 is 1.69 bits per heavy atom. The van der Waals surface area contributed by atoms with Gasteiger partial charge in [0, 0.05) is 30.9 Å². The highest BCUT2D eigenvalue weighted by Gasteiger charge is 2.00. The smallest absolute Gasteiger partial charge is 0.129 e. The summed E-state index contributed by atoms with van der Waals surface area (Å²) >= 11 is 0. The molecule has 0 aliphatic rings. The van der Waals surface area contributed by atoms with Crippen LogP contribution in [0.3, 0.4) is 0 Å². The molecule has 0 saturated carbocycles. The standard InChI is InChI=1S/C10H16N2O/c1-3-12(4-2)10-7-5-9(11-13)6-8-10/h5-8H,3-4,11H2,1-2H3. The highest BCUT2D eigenvalue weighted by Crippen LogP contribution is 2.14. The Balaban J connectivity index is 2.78. The minimum atomic E-state index is 0.732. The third-order valence-corrected chi connectivity index (χ3v) is 2.16. The molecule has 1 aromatic carbocycles. The van der Waals surface area contributed by atoms with Crippen LogP contribution in [-0.2, 0) is 0 Å². The third-order valence-electron chi connectivity index (χ3n) is 2.16. The highest BCUT2D eigenvalue weighted by atomic mass is 16.5. The Morgan fingerprint density at radius 1 is 1.15 bits per heavy atom. The van der Waals surface area contributed by atoms with E-state index in [1.54, 1.807) is 0 Å². The van der Waals surface area contributed by atoms with Gasteiger partial charge in [-0.05, 0) is 26.0 Å². The van der Waals surface area contributed by atoms with Gasteiger partial charge in [0.15, 0.2) is 0 Å². The molecule has 0 saturated heterocycles. The fourth-order valence-electron chi connectivity index (χ4n) is 1.35. The van der Waals surface area contributed by atoms with E-state index in [-0.39, 0.29) is 0 Å². The molecular weight excluding hydrogens is 164 g/mol. The van der Waals surface area contributed by atoms with Crippen molar-refractivity contribution in [3.63, 3.8) is 0 Å². The van der Waals surface area contributed by atoms with Gasteiger partial charge in [0.05, 0.1) is 0 Å². The molecular formula is C10H16N2O. The quantitative estimate of drug-likeness (QED) is 0.559. The molecule has 0 atom stereocenters. The molecule has 0 aliphatic heterocycles. The lowest BCUT2D eigenvalue weighted by Gasteiger charge is -2.20. The number of nitrogens with zero attached hydrogens (tertiary/aromatic N) is 1. The molecule has 0 fully saturated rings. The van der Waals surface area contributed by atoms with Crippen LogP contribution in [0, 0.1) is 5.21 Å². The predicted molar refractivity (Wildman–Crippen MR) is 55.0 cm³/mol. The van der Waals surface area contributed by atoms with Gasteiger partial charge < -0.3 is 15.6 Å². The molecule has 13 heavy (non-hydrogen) atoms. The Hall–Kier alpha value is -1.06. The third kappa shape index (κ3) is 2.44. The number of nitrogens with two attached hydrogens (primary N) is 1. The maximum absolute atomic E-state index is 10.4. The maximum Gasteiger partial charge on any atom is 0.129 e. The molecule has 1 rings (SSSR count). The van der Waals surface area contributed by atoms with Crippen molar-refractivity contribution in [1.82, 2.24) is 0 Å². The van der Waals surface area contributed by atoms with Crippen LogP contribution in [0.5, 0.6) is 0 Å². The van der Waals surface area contributed by atoms with Crippen molar-refractivity contribution >= 4 is 11.4 Å². The largest absolute Gasteiger partial charge is 0.630 e. The zero-order valence-corrected chi connectivity index (χ0v) is 8.16. The average Bonchev–Trinajstić information content (AvgIpc) is 2.21. The molecule has 2 N–H and O–H groups in total. The van der Waals surface area contributed by atoms with Crippen molar-refractivity contribution in [3.05, 3.63) is 29.5 Å². The fourth-order valence-corrected chi connectivity index (χ4v) is 1.35. The lowest BCUT2D eigenvalue weighted by atomic mass is 10.2. The summed E-state index contributed by atoms with van der Waals surface area (Å²) in [5.74, 6) is 0. The molecule has 1 aromatic rings. The van der Waals surface area contributed by atoms with E-state index in [0.29, 0.717) is 0 Å². The van der Waals surface area contributed by atoms with E-state index in [2.05, 4.69) is 18.7 Å². The Kier molecular flexibility index (Phi) is 3.73. The van der Waals surface area contributed by atoms with Gasteiger partial charge in [0.2, 0.25) is 0 Å². The summed E-state index contributed by atoms with van der Waals surface area (Å²) in [5.41, 5.74) is 2.78. The topological polar surface area (TPSA) is 42.9 Å². The van der Waals surface area contributed by atoms with Gasteiger partial charge in [-0.2, -0.15) is 0 Å². The van der Waals surface area contributed by atoms with Crippen LogP contribution in [0.1, 0.15) is 13.8 Å². The van der Waals surface area contributed by atoms with E-state index in [1.165, 1.54) is 5.69 Å². The van der Waals surface area contributed by atoms with Crippen molar-refractivity contribution in [2.75, 3.05) is 18.0 Å². The second kappa shape index (κ2) is 4.84. The minimum Gasteiger partial charge on any atom is -0.630 e. The first-order valence-electron chi connectivity index (χ1n) is 4.62. The number of hydrogen-bond acceptors (Lipinski definition) is 2. The molecule has 0 aliphatic carbocycles.